The zero-order chi connectivity index (χ0) is 18.6. The number of rotatable bonds is 6. The quantitative estimate of drug-likeness (QED) is 0.630. The van der Waals surface area contributed by atoms with Gasteiger partial charge in [0.05, 0.1) is 0 Å². The van der Waals surface area contributed by atoms with Gasteiger partial charge < -0.3 is 14.6 Å². The minimum absolute atomic E-state index is 0.00441. The fourth-order valence-corrected chi connectivity index (χ4v) is 2.04. The number of amides is 1. The Balaban J connectivity index is 2.25. The maximum absolute atomic E-state index is 14.3. The first-order valence-corrected chi connectivity index (χ1v) is 7.29. The number of ether oxygens (including phenoxy) is 1. The monoisotopic (exact) mass is 361 g/mol. The molecule has 1 heterocycles. The van der Waals surface area contributed by atoms with Gasteiger partial charge in [-0.3, -0.25) is 4.79 Å². The van der Waals surface area contributed by atoms with Gasteiger partial charge in [0.15, 0.2) is 6.23 Å². The van der Waals surface area contributed by atoms with E-state index in [1.165, 1.54) is 19.2 Å². The molecular formula is C15H15F4N3O3. The SMILES string of the molecule is CCCC(=O)NC(OC)c1ccc(-c2noc(C(F)(F)F)n2)cc1F. The molecule has 1 N–H and O–H groups in total. The van der Waals surface area contributed by atoms with Gasteiger partial charge in [-0.25, -0.2) is 4.39 Å². The van der Waals surface area contributed by atoms with Gasteiger partial charge in [0.25, 0.3) is 0 Å². The van der Waals surface area contributed by atoms with Gasteiger partial charge >= 0.3 is 12.1 Å². The van der Waals surface area contributed by atoms with Crippen LogP contribution in [0.2, 0.25) is 0 Å². The van der Waals surface area contributed by atoms with Crippen LogP contribution >= 0.6 is 0 Å². The Hall–Kier alpha value is -2.49. The number of carbonyl (C=O) groups is 1. The van der Waals surface area contributed by atoms with Crippen LogP contribution in [0.3, 0.4) is 0 Å². The van der Waals surface area contributed by atoms with Crippen molar-refractivity contribution in [2.45, 2.75) is 32.2 Å². The topological polar surface area (TPSA) is 77.2 Å². The van der Waals surface area contributed by atoms with Crippen molar-refractivity contribution in [2.24, 2.45) is 0 Å². The molecule has 0 saturated carbocycles. The van der Waals surface area contributed by atoms with E-state index in [-0.39, 0.29) is 23.5 Å². The molecule has 0 radical (unpaired) electrons. The Morgan fingerprint density at radius 1 is 1.40 bits per heavy atom. The Bertz CT molecular complexity index is 746. The van der Waals surface area contributed by atoms with Gasteiger partial charge in [0.1, 0.15) is 5.82 Å². The molecule has 1 amide bonds. The summed E-state index contributed by atoms with van der Waals surface area (Å²) < 4.78 is 60.9. The first kappa shape index (κ1) is 18.8. The predicted octanol–water partition coefficient (Wildman–Crippen LogP) is 3.46. The number of hydrogen-bond donors (Lipinski definition) is 1. The first-order chi connectivity index (χ1) is 11.8. The maximum atomic E-state index is 14.3. The van der Waals surface area contributed by atoms with E-state index in [1.54, 1.807) is 0 Å². The second-order valence-electron chi connectivity index (χ2n) is 5.09. The third-order valence-electron chi connectivity index (χ3n) is 3.21. The molecular weight excluding hydrogens is 346 g/mol. The summed E-state index contributed by atoms with van der Waals surface area (Å²) in [7, 11) is 1.29. The van der Waals surface area contributed by atoms with Gasteiger partial charge in [0.2, 0.25) is 11.7 Å². The number of methoxy groups -OCH3 is 1. The summed E-state index contributed by atoms with van der Waals surface area (Å²) in [6.45, 7) is 1.82. The molecule has 2 rings (SSSR count). The van der Waals surface area contributed by atoms with Gasteiger partial charge in [-0.15, -0.1) is 0 Å². The van der Waals surface area contributed by atoms with E-state index in [0.29, 0.717) is 6.42 Å². The molecule has 0 aliphatic carbocycles. The Labute approximate surface area is 140 Å². The van der Waals surface area contributed by atoms with Crippen LogP contribution in [0.5, 0.6) is 0 Å². The molecule has 0 spiro atoms. The van der Waals surface area contributed by atoms with Crippen molar-refractivity contribution in [2.75, 3.05) is 7.11 Å². The van der Waals surface area contributed by atoms with Crippen LogP contribution in [-0.4, -0.2) is 23.2 Å². The largest absolute Gasteiger partial charge is 0.471 e. The lowest BCUT2D eigenvalue weighted by molar-refractivity contribution is -0.159. The summed E-state index contributed by atoms with van der Waals surface area (Å²) in [5.74, 6) is -3.03. The zero-order valence-corrected chi connectivity index (χ0v) is 13.4. The highest BCUT2D eigenvalue weighted by Crippen LogP contribution is 2.30. The van der Waals surface area contributed by atoms with Crippen molar-refractivity contribution in [1.29, 1.82) is 0 Å². The summed E-state index contributed by atoms with van der Waals surface area (Å²) in [4.78, 5) is 14.8. The molecule has 2 aromatic rings. The summed E-state index contributed by atoms with van der Waals surface area (Å²) in [6.07, 6.45) is -4.94. The van der Waals surface area contributed by atoms with Crippen LogP contribution in [0.25, 0.3) is 11.4 Å². The third-order valence-corrected chi connectivity index (χ3v) is 3.21. The second-order valence-corrected chi connectivity index (χ2v) is 5.09. The van der Waals surface area contributed by atoms with Crippen molar-refractivity contribution in [3.63, 3.8) is 0 Å². The fourth-order valence-electron chi connectivity index (χ4n) is 2.04. The lowest BCUT2D eigenvalue weighted by Gasteiger charge is -2.18. The predicted molar refractivity (Wildman–Crippen MR) is 77.5 cm³/mol. The average molecular weight is 361 g/mol. The van der Waals surface area contributed by atoms with Crippen LogP contribution in [0, 0.1) is 5.82 Å². The maximum Gasteiger partial charge on any atom is 0.471 e. The summed E-state index contributed by atoms with van der Waals surface area (Å²) in [5, 5.41) is 5.70. The van der Waals surface area contributed by atoms with Crippen LogP contribution in [0.15, 0.2) is 22.7 Å². The van der Waals surface area contributed by atoms with Gasteiger partial charge in [-0.2, -0.15) is 18.2 Å². The summed E-state index contributed by atoms with van der Waals surface area (Å²) in [6, 6.07) is 3.52. The minimum atomic E-state index is -4.78. The molecule has 1 aromatic heterocycles. The molecule has 1 unspecified atom stereocenters. The number of aromatic nitrogens is 2. The number of nitrogens with zero attached hydrogens (tertiary/aromatic N) is 2. The van der Waals surface area contributed by atoms with Crippen molar-refractivity contribution in [1.82, 2.24) is 15.5 Å². The van der Waals surface area contributed by atoms with E-state index in [9.17, 15) is 22.4 Å². The molecule has 0 fully saturated rings. The number of halogens is 4. The number of hydrogen-bond acceptors (Lipinski definition) is 5. The standard InChI is InChI=1S/C15H15F4N3O3/c1-3-4-11(23)20-13(24-2)9-6-5-8(7-10(9)16)12-21-14(25-22-12)15(17,18)19/h5-7,13H,3-4H2,1-2H3,(H,20,23). The van der Waals surface area contributed by atoms with E-state index in [4.69, 9.17) is 4.74 Å². The first-order valence-electron chi connectivity index (χ1n) is 7.29. The van der Waals surface area contributed by atoms with E-state index >= 15 is 0 Å². The van der Waals surface area contributed by atoms with Crippen LogP contribution < -0.4 is 5.32 Å². The van der Waals surface area contributed by atoms with E-state index in [0.717, 1.165) is 6.07 Å². The van der Waals surface area contributed by atoms with Crippen molar-refractivity contribution >= 4 is 5.91 Å². The molecule has 1 atom stereocenters. The zero-order valence-electron chi connectivity index (χ0n) is 13.4. The average Bonchev–Trinajstić information content (AvgIpc) is 3.03. The van der Waals surface area contributed by atoms with Crippen molar-refractivity contribution < 1.29 is 31.6 Å². The number of nitrogens with one attached hydrogen (secondary N) is 1. The number of carbonyl (C=O) groups excluding carboxylic acids is 1. The Kier molecular flexibility index (Phi) is 5.73. The van der Waals surface area contributed by atoms with Crippen molar-refractivity contribution in [3.05, 3.63) is 35.5 Å². The molecule has 136 valence electrons. The van der Waals surface area contributed by atoms with E-state index < -0.39 is 29.9 Å². The molecule has 10 heteroatoms. The van der Waals surface area contributed by atoms with Gasteiger partial charge in [-0.1, -0.05) is 24.2 Å². The minimum Gasteiger partial charge on any atom is -0.357 e. The lowest BCUT2D eigenvalue weighted by Crippen LogP contribution is -2.29. The van der Waals surface area contributed by atoms with Crippen LogP contribution in [-0.2, 0) is 15.7 Å². The highest BCUT2D eigenvalue weighted by atomic mass is 19.4. The lowest BCUT2D eigenvalue weighted by atomic mass is 10.1. The Morgan fingerprint density at radius 3 is 2.64 bits per heavy atom. The van der Waals surface area contributed by atoms with E-state index in [1.807, 2.05) is 6.92 Å². The number of benzene rings is 1. The smallest absolute Gasteiger partial charge is 0.357 e. The molecule has 0 aliphatic heterocycles. The van der Waals surface area contributed by atoms with Gasteiger partial charge in [-0.05, 0) is 12.5 Å². The van der Waals surface area contributed by atoms with E-state index in [2.05, 4.69) is 20.0 Å². The van der Waals surface area contributed by atoms with Crippen LogP contribution in [0.4, 0.5) is 17.6 Å². The number of alkyl halides is 3. The third kappa shape index (κ3) is 4.53. The molecule has 0 saturated heterocycles. The molecule has 1 aromatic carbocycles. The Morgan fingerprint density at radius 2 is 2.12 bits per heavy atom. The van der Waals surface area contributed by atoms with Gasteiger partial charge in [0, 0.05) is 24.7 Å². The molecule has 0 aliphatic rings. The summed E-state index contributed by atoms with van der Waals surface area (Å²) in [5.41, 5.74) is 0.0190. The molecule has 6 nitrogen and oxygen atoms in total. The summed E-state index contributed by atoms with van der Waals surface area (Å²) >= 11 is 0. The highest BCUT2D eigenvalue weighted by Gasteiger charge is 2.38. The second kappa shape index (κ2) is 7.60. The fraction of sp³-hybridized carbons (Fsp3) is 0.400. The normalized spacial score (nSPS) is 12.9. The van der Waals surface area contributed by atoms with Crippen LogP contribution in [0.1, 0.15) is 37.4 Å². The highest BCUT2D eigenvalue weighted by molar-refractivity contribution is 5.76. The molecule has 0 bridgehead atoms. The van der Waals surface area contributed by atoms with Crippen molar-refractivity contribution in [3.8, 4) is 11.4 Å². The molecule has 25 heavy (non-hydrogen) atoms.